The van der Waals surface area contributed by atoms with Crippen LogP contribution in [0.1, 0.15) is 47.4 Å². The third-order valence-electron chi connectivity index (χ3n) is 6.35. The van der Waals surface area contributed by atoms with Crippen molar-refractivity contribution in [2.24, 2.45) is 5.92 Å². The van der Waals surface area contributed by atoms with Crippen LogP contribution in [0.3, 0.4) is 0 Å². The third-order valence-corrected chi connectivity index (χ3v) is 6.35. The van der Waals surface area contributed by atoms with Crippen LogP contribution in [0.5, 0.6) is 0 Å². The third kappa shape index (κ3) is 7.42. The van der Waals surface area contributed by atoms with Gasteiger partial charge in [0.25, 0.3) is 0 Å². The standard InChI is InChI=1S/C25H26F7NO3/c1-33(9-8-22(34)35)13-17-4-7-21(23(17)16-2-5-20(26)6-3-16)36-14-15-10-18(24(27,28)29)12-19(11-15)25(30,31)32/h2-3,5-6,10-12,17,21,23H,4,7-9,13-14H2,1H3,(H,34,35)/t17-,21-,23-/m0/s1. The van der Waals surface area contributed by atoms with E-state index < -0.39 is 48.0 Å². The van der Waals surface area contributed by atoms with Gasteiger partial charge in [-0.15, -0.1) is 0 Å². The molecule has 0 bridgehead atoms. The number of aliphatic carboxylic acids is 1. The van der Waals surface area contributed by atoms with Crippen LogP contribution in [0.25, 0.3) is 0 Å². The monoisotopic (exact) mass is 521 g/mol. The molecule has 198 valence electrons. The lowest BCUT2D eigenvalue weighted by Gasteiger charge is -2.29. The fraction of sp³-hybridized carbons (Fsp3) is 0.480. The number of alkyl halides is 6. The number of hydrogen-bond donors (Lipinski definition) is 1. The summed E-state index contributed by atoms with van der Waals surface area (Å²) in [6, 6.07) is 7.08. The number of nitrogens with zero attached hydrogens (tertiary/aromatic N) is 1. The quantitative estimate of drug-likeness (QED) is 0.391. The fourth-order valence-electron chi connectivity index (χ4n) is 4.69. The highest BCUT2D eigenvalue weighted by Gasteiger charge is 2.39. The lowest BCUT2D eigenvalue weighted by molar-refractivity contribution is -0.143. The Bertz CT molecular complexity index is 1010. The van der Waals surface area contributed by atoms with E-state index >= 15 is 0 Å². The molecule has 0 spiro atoms. The van der Waals surface area contributed by atoms with Gasteiger partial charge in [-0.25, -0.2) is 4.39 Å². The van der Waals surface area contributed by atoms with Crippen LogP contribution in [0.4, 0.5) is 30.7 Å². The second-order valence-electron chi connectivity index (χ2n) is 9.08. The molecule has 4 nitrogen and oxygen atoms in total. The van der Waals surface area contributed by atoms with Crippen LogP contribution < -0.4 is 0 Å². The first-order chi connectivity index (χ1) is 16.7. The number of rotatable bonds is 9. The first kappa shape index (κ1) is 27.9. The molecular weight excluding hydrogens is 495 g/mol. The molecule has 1 saturated carbocycles. The summed E-state index contributed by atoms with van der Waals surface area (Å²) >= 11 is 0. The molecule has 1 N–H and O–H groups in total. The maximum atomic E-state index is 13.5. The van der Waals surface area contributed by atoms with E-state index in [1.54, 1.807) is 19.2 Å². The summed E-state index contributed by atoms with van der Waals surface area (Å²) in [5, 5.41) is 8.92. The van der Waals surface area contributed by atoms with E-state index in [-0.39, 0.29) is 29.9 Å². The average Bonchev–Trinajstić information content (AvgIpc) is 3.17. The van der Waals surface area contributed by atoms with Crippen LogP contribution >= 0.6 is 0 Å². The molecule has 3 rings (SSSR count). The van der Waals surface area contributed by atoms with E-state index in [9.17, 15) is 35.5 Å². The van der Waals surface area contributed by atoms with Gasteiger partial charge in [0.05, 0.1) is 30.3 Å². The van der Waals surface area contributed by atoms with Gasteiger partial charge in [0.1, 0.15) is 5.82 Å². The van der Waals surface area contributed by atoms with E-state index in [2.05, 4.69) is 0 Å². The Balaban J connectivity index is 1.81. The molecule has 1 aliphatic rings. The van der Waals surface area contributed by atoms with Gasteiger partial charge in [0.2, 0.25) is 0 Å². The normalized spacial score (nSPS) is 20.8. The maximum absolute atomic E-state index is 13.5. The lowest BCUT2D eigenvalue weighted by atomic mass is 9.87. The smallest absolute Gasteiger partial charge is 0.416 e. The van der Waals surface area contributed by atoms with Crippen molar-refractivity contribution in [2.75, 3.05) is 20.1 Å². The van der Waals surface area contributed by atoms with Crippen LogP contribution in [0, 0.1) is 11.7 Å². The second kappa shape index (κ2) is 11.2. The minimum atomic E-state index is -4.95. The summed E-state index contributed by atoms with van der Waals surface area (Å²) in [7, 11) is 1.76. The Labute approximate surface area is 203 Å². The fourth-order valence-corrected chi connectivity index (χ4v) is 4.69. The largest absolute Gasteiger partial charge is 0.481 e. The average molecular weight is 521 g/mol. The highest BCUT2D eigenvalue weighted by atomic mass is 19.4. The predicted octanol–water partition coefficient (Wildman–Crippen LogP) is 6.35. The molecular formula is C25H26F7NO3. The topological polar surface area (TPSA) is 49.8 Å². The summed E-state index contributed by atoms with van der Waals surface area (Å²) in [5.41, 5.74) is -2.33. The first-order valence-electron chi connectivity index (χ1n) is 11.3. The Morgan fingerprint density at radius 2 is 1.58 bits per heavy atom. The molecule has 0 aliphatic heterocycles. The van der Waals surface area contributed by atoms with E-state index in [4.69, 9.17) is 9.84 Å². The van der Waals surface area contributed by atoms with Gasteiger partial charge in [-0.2, -0.15) is 26.3 Å². The van der Waals surface area contributed by atoms with Gasteiger partial charge in [-0.3, -0.25) is 4.79 Å². The van der Waals surface area contributed by atoms with Crippen molar-refractivity contribution < 1.29 is 45.4 Å². The highest BCUT2D eigenvalue weighted by molar-refractivity contribution is 5.66. The van der Waals surface area contributed by atoms with E-state index in [1.807, 2.05) is 4.90 Å². The summed E-state index contributed by atoms with van der Waals surface area (Å²) in [4.78, 5) is 12.7. The summed E-state index contributed by atoms with van der Waals surface area (Å²) in [5.74, 6) is -1.73. The van der Waals surface area contributed by atoms with Gasteiger partial charge >= 0.3 is 18.3 Å². The molecule has 0 amide bonds. The summed E-state index contributed by atoms with van der Waals surface area (Å²) in [6.07, 6.45) is -9.36. The van der Waals surface area contributed by atoms with Gasteiger partial charge in [-0.05, 0) is 67.3 Å². The molecule has 11 heteroatoms. The van der Waals surface area contributed by atoms with E-state index in [0.29, 0.717) is 38.1 Å². The second-order valence-corrected chi connectivity index (χ2v) is 9.08. The van der Waals surface area contributed by atoms with E-state index in [1.165, 1.54) is 12.1 Å². The molecule has 0 radical (unpaired) electrons. The summed E-state index contributed by atoms with van der Waals surface area (Å²) < 4.78 is 98.6. The van der Waals surface area contributed by atoms with Crippen molar-refractivity contribution in [1.82, 2.24) is 4.90 Å². The lowest BCUT2D eigenvalue weighted by Crippen LogP contribution is -2.31. The van der Waals surface area contributed by atoms with Crippen molar-refractivity contribution in [3.8, 4) is 0 Å². The molecule has 3 atom stereocenters. The molecule has 0 saturated heterocycles. The van der Waals surface area contributed by atoms with Crippen LogP contribution in [0.15, 0.2) is 42.5 Å². The van der Waals surface area contributed by atoms with Crippen molar-refractivity contribution in [3.63, 3.8) is 0 Å². The van der Waals surface area contributed by atoms with Crippen LogP contribution in [0.2, 0.25) is 0 Å². The molecule has 2 aromatic carbocycles. The molecule has 36 heavy (non-hydrogen) atoms. The number of carboxylic acids is 1. The van der Waals surface area contributed by atoms with E-state index in [0.717, 1.165) is 5.56 Å². The van der Waals surface area contributed by atoms with Gasteiger partial charge in [-0.1, -0.05) is 12.1 Å². The number of halogens is 7. The Kier molecular flexibility index (Phi) is 8.66. The maximum Gasteiger partial charge on any atom is 0.416 e. The van der Waals surface area contributed by atoms with Crippen molar-refractivity contribution in [1.29, 1.82) is 0 Å². The Hall–Kier alpha value is -2.66. The minimum absolute atomic E-state index is 0.0356. The molecule has 2 aromatic rings. The van der Waals surface area contributed by atoms with Crippen molar-refractivity contribution in [3.05, 3.63) is 70.5 Å². The van der Waals surface area contributed by atoms with Gasteiger partial charge in [0.15, 0.2) is 0 Å². The number of ether oxygens (including phenoxy) is 1. The molecule has 0 heterocycles. The number of carbonyl (C=O) groups is 1. The number of benzene rings is 2. The van der Waals surface area contributed by atoms with Crippen LogP contribution in [-0.2, 0) is 28.5 Å². The highest BCUT2D eigenvalue weighted by Crippen LogP contribution is 2.43. The Morgan fingerprint density at radius 3 is 2.11 bits per heavy atom. The molecule has 0 unspecified atom stereocenters. The first-order valence-corrected chi connectivity index (χ1v) is 11.3. The van der Waals surface area contributed by atoms with Crippen molar-refractivity contribution >= 4 is 5.97 Å². The predicted molar refractivity (Wildman–Crippen MR) is 117 cm³/mol. The van der Waals surface area contributed by atoms with Gasteiger partial charge < -0.3 is 14.7 Å². The van der Waals surface area contributed by atoms with Gasteiger partial charge in [0, 0.05) is 19.0 Å². The zero-order valence-corrected chi connectivity index (χ0v) is 19.4. The number of carboxylic acid groups (broad SMARTS) is 1. The Morgan fingerprint density at radius 1 is 1.00 bits per heavy atom. The SMILES string of the molecule is CN(CCC(=O)O)C[C@@H]1CC[C@H](OCc2cc(C(F)(F)F)cc(C(F)(F)F)c2)[C@H]1c1ccc(F)cc1. The summed E-state index contributed by atoms with van der Waals surface area (Å²) in [6.45, 7) is 0.339. The minimum Gasteiger partial charge on any atom is -0.481 e. The zero-order valence-electron chi connectivity index (χ0n) is 19.4. The molecule has 1 aliphatic carbocycles. The zero-order chi connectivity index (χ0) is 26.7. The van der Waals surface area contributed by atoms with Crippen molar-refractivity contribution in [2.45, 2.75) is 50.2 Å². The van der Waals surface area contributed by atoms with Crippen LogP contribution in [-0.4, -0.2) is 42.2 Å². The number of hydrogen-bond acceptors (Lipinski definition) is 3. The molecule has 1 fully saturated rings. The molecule has 0 aromatic heterocycles.